The van der Waals surface area contributed by atoms with Gasteiger partial charge in [-0.15, -0.1) is 0 Å². The Kier molecular flexibility index (Phi) is 10.7. The van der Waals surface area contributed by atoms with Crippen LogP contribution in [0, 0.1) is 36.3 Å². The van der Waals surface area contributed by atoms with Gasteiger partial charge < -0.3 is 4.74 Å². The van der Waals surface area contributed by atoms with Crippen LogP contribution in [0.2, 0.25) is 0 Å². The molecule has 0 aromatic heterocycles. The molecule has 2 fully saturated rings. The minimum absolute atomic E-state index is 0. The number of hydrogen-bond donors (Lipinski definition) is 0. The molecule has 0 spiro atoms. The normalized spacial score (nSPS) is 19.6. The van der Waals surface area contributed by atoms with Gasteiger partial charge in [0.2, 0.25) is 0 Å². The summed E-state index contributed by atoms with van der Waals surface area (Å²) in [6.07, 6.45) is 6.34. The number of ether oxygens (including phenoxy) is 1. The van der Waals surface area contributed by atoms with E-state index in [1.807, 2.05) is 103 Å². The van der Waals surface area contributed by atoms with Gasteiger partial charge in [0.15, 0.2) is 0 Å². The third-order valence-electron chi connectivity index (χ3n) is 6.27. The third kappa shape index (κ3) is 7.46. The maximum Gasteiger partial charge on any atom is 0.338 e. The van der Waals surface area contributed by atoms with E-state index in [9.17, 15) is 4.79 Å². The molecule has 2 nitrogen and oxygen atoms in total. The topological polar surface area (TPSA) is 26.3 Å². The van der Waals surface area contributed by atoms with Gasteiger partial charge in [0.05, 0.1) is 12.2 Å². The molecule has 34 heavy (non-hydrogen) atoms. The first kappa shape index (κ1) is 26.0. The summed E-state index contributed by atoms with van der Waals surface area (Å²) in [5, 5.41) is 2.06. The maximum atomic E-state index is 12.4. The molecule has 0 unspecified atom stereocenters. The van der Waals surface area contributed by atoms with E-state index in [-0.39, 0.29) is 31.3 Å². The number of carbonyl (C=O) groups excluding carboxylic acids is 1. The van der Waals surface area contributed by atoms with Crippen LogP contribution in [0.5, 0.6) is 0 Å². The minimum Gasteiger partial charge on any atom is -0.462 e. The summed E-state index contributed by atoms with van der Waals surface area (Å²) in [5.41, 5.74) is 0.677. The zero-order valence-corrected chi connectivity index (χ0v) is 22.1. The van der Waals surface area contributed by atoms with Crippen molar-refractivity contribution in [2.75, 3.05) is 6.61 Å². The first-order valence-electron chi connectivity index (χ1n) is 11.6. The van der Waals surface area contributed by atoms with Crippen LogP contribution in [0.3, 0.4) is 0 Å². The van der Waals surface area contributed by atoms with Crippen molar-refractivity contribution < 1.29 is 11.0 Å². The smallest absolute Gasteiger partial charge is 0.338 e. The second-order valence-corrected chi connectivity index (χ2v) is 8.47. The van der Waals surface area contributed by atoms with Gasteiger partial charge in [-0.05, 0) is 72.4 Å². The number of esters is 1. The summed E-state index contributed by atoms with van der Waals surface area (Å²) in [7, 11) is 0. The Hall–Kier alpha value is -2.59. The van der Waals surface area contributed by atoms with Crippen molar-refractivity contribution >= 4 is 40.6 Å². The van der Waals surface area contributed by atoms with Gasteiger partial charge in [-0.2, -0.15) is 0 Å². The second-order valence-electron chi connectivity index (χ2n) is 8.47. The van der Waals surface area contributed by atoms with E-state index in [0.29, 0.717) is 18.1 Å². The molecule has 2 aliphatic carbocycles. The molecule has 0 amide bonds. The molecular formula is C31H31O2Sn. The van der Waals surface area contributed by atoms with Crippen LogP contribution in [-0.4, -0.2) is 36.5 Å². The standard InChI is InChI=1S/C19H19O2.2C6H5.Sn.H2/c20-19(21-12-16-11-13-8-9-15(16)10-13)18-7-3-5-14-4-1-2-6-17(14)18;2*1-2-4-6-5-3-1;;/h1-7,11,13,15-16H,8-10,12H2;2*1-5H;;1H/t13-,15+,16+;;;;/m0..../s1. The van der Waals surface area contributed by atoms with E-state index in [1.165, 1.54) is 19.3 Å². The molecule has 7 radical (unpaired) electrons. The number of hydrogen-bond acceptors (Lipinski definition) is 2. The molecule has 4 aromatic rings. The Morgan fingerprint density at radius 2 is 1.47 bits per heavy atom. The summed E-state index contributed by atoms with van der Waals surface area (Å²) in [6.45, 7) is 0.545. The first-order chi connectivity index (χ1) is 16.3. The molecule has 2 saturated carbocycles. The largest absolute Gasteiger partial charge is 0.462 e. The fourth-order valence-corrected chi connectivity index (χ4v) is 4.65. The maximum absolute atomic E-state index is 12.4. The SMILES string of the molecule is O=C(OC[C@H]1[CH][C@H]2CC[C@@H]1C2)c1cccc2ccccc12.[HH].[Sn].[c]1ccccc1.[c]1ccccc1. The first-order valence-corrected chi connectivity index (χ1v) is 11.6. The number of benzene rings is 4. The summed E-state index contributed by atoms with van der Waals surface area (Å²) in [5.74, 6) is 1.80. The molecule has 0 heterocycles. The van der Waals surface area contributed by atoms with Crippen LogP contribution in [0.25, 0.3) is 10.8 Å². The molecule has 3 atom stereocenters. The number of rotatable bonds is 3. The molecule has 0 saturated heterocycles. The zero-order chi connectivity index (χ0) is 22.7. The molecule has 2 bridgehead atoms. The van der Waals surface area contributed by atoms with Crippen molar-refractivity contribution in [1.29, 1.82) is 0 Å². The molecule has 171 valence electrons. The summed E-state index contributed by atoms with van der Waals surface area (Å²) < 4.78 is 5.60. The van der Waals surface area contributed by atoms with Crippen LogP contribution in [0.4, 0.5) is 0 Å². The van der Waals surface area contributed by atoms with Gasteiger partial charge in [-0.1, -0.05) is 97.1 Å². The van der Waals surface area contributed by atoms with Crippen molar-refractivity contribution in [3.63, 3.8) is 0 Å². The van der Waals surface area contributed by atoms with Gasteiger partial charge in [0.1, 0.15) is 0 Å². The van der Waals surface area contributed by atoms with Gasteiger partial charge in [-0.25, -0.2) is 4.79 Å². The second kappa shape index (κ2) is 14.0. The molecule has 6 rings (SSSR count). The Labute approximate surface area is 221 Å². The van der Waals surface area contributed by atoms with E-state index < -0.39 is 0 Å². The van der Waals surface area contributed by atoms with Gasteiger partial charge in [0.25, 0.3) is 0 Å². The fourth-order valence-electron chi connectivity index (χ4n) is 4.65. The monoisotopic (exact) mass is 555 g/mol. The average molecular weight is 554 g/mol. The average Bonchev–Trinajstić information content (AvgIpc) is 3.53. The Balaban J connectivity index is 0.000000255. The minimum atomic E-state index is -0.192. The third-order valence-corrected chi connectivity index (χ3v) is 6.27. The van der Waals surface area contributed by atoms with Gasteiger partial charge >= 0.3 is 5.97 Å². The fraction of sp³-hybridized carbons (Fsp3) is 0.226. The van der Waals surface area contributed by atoms with E-state index >= 15 is 0 Å². The van der Waals surface area contributed by atoms with Crippen molar-refractivity contribution in [2.45, 2.75) is 19.3 Å². The van der Waals surface area contributed by atoms with E-state index in [4.69, 9.17) is 4.74 Å². The summed E-state index contributed by atoms with van der Waals surface area (Å²) >= 11 is 0. The Morgan fingerprint density at radius 3 is 2.00 bits per heavy atom. The molecule has 0 aliphatic heterocycles. The van der Waals surface area contributed by atoms with Crippen LogP contribution in [-0.2, 0) is 4.74 Å². The van der Waals surface area contributed by atoms with Crippen molar-refractivity contribution in [2.24, 2.45) is 17.8 Å². The molecular weight excluding hydrogens is 523 g/mol. The molecule has 2 aliphatic rings. The van der Waals surface area contributed by atoms with Gasteiger partial charge in [-0.3, -0.25) is 0 Å². The Bertz CT molecular complexity index is 1030. The number of fused-ring (bicyclic) bond motifs is 3. The molecule has 3 heteroatoms. The van der Waals surface area contributed by atoms with E-state index in [1.54, 1.807) is 0 Å². The van der Waals surface area contributed by atoms with Crippen molar-refractivity contribution in [3.05, 3.63) is 127 Å². The quantitative estimate of drug-likeness (QED) is 0.200. The predicted octanol–water partition coefficient (Wildman–Crippen LogP) is 7.09. The predicted molar refractivity (Wildman–Crippen MR) is 141 cm³/mol. The number of carbonyl (C=O) groups is 1. The van der Waals surface area contributed by atoms with Crippen LogP contribution in [0.1, 0.15) is 31.0 Å². The van der Waals surface area contributed by atoms with E-state index in [0.717, 1.165) is 22.6 Å². The Morgan fingerprint density at radius 1 is 0.824 bits per heavy atom. The van der Waals surface area contributed by atoms with Gasteiger partial charge in [0, 0.05) is 25.3 Å². The van der Waals surface area contributed by atoms with Crippen molar-refractivity contribution in [3.8, 4) is 0 Å². The van der Waals surface area contributed by atoms with E-state index in [2.05, 4.69) is 18.6 Å². The summed E-state index contributed by atoms with van der Waals surface area (Å²) in [6, 6.07) is 38.8. The van der Waals surface area contributed by atoms with Crippen LogP contribution >= 0.6 is 0 Å². The van der Waals surface area contributed by atoms with Crippen LogP contribution < -0.4 is 0 Å². The molecule has 4 aromatic carbocycles. The zero-order valence-electron chi connectivity index (χ0n) is 19.3. The van der Waals surface area contributed by atoms with Crippen molar-refractivity contribution in [1.82, 2.24) is 0 Å². The van der Waals surface area contributed by atoms with Crippen LogP contribution in [0.15, 0.2) is 103 Å². The molecule has 0 N–H and O–H groups in total. The summed E-state index contributed by atoms with van der Waals surface area (Å²) in [4.78, 5) is 12.4.